The number of amides is 1. The molecule has 2 aliphatic heterocycles. The van der Waals surface area contributed by atoms with Crippen LogP contribution in [0.2, 0.25) is 0 Å². The van der Waals surface area contributed by atoms with Crippen molar-refractivity contribution in [1.29, 1.82) is 0 Å². The lowest BCUT2D eigenvalue weighted by Crippen LogP contribution is -2.34. The zero-order valence-electron chi connectivity index (χ0n) is 21.4. The molecule has 2 fully saturated rings. The number of carboxylic acids is 1. The van der Waals surface area contributed by atoms with Gasteiger partial charge in [0.1, 0.15) is 5.78 Å². The summed E-state index contributed by atoms with van der Waals surface area (Å²) in [5.74, 6) is -0.260. The molecule has 0 aromatic heterocycles. The number of Topliss-reactive ketones (excluding diaryl/α,β-unsaturated/α-hetero) is 2. The molecule has 0 aromatic carbocycles. The third kappa shape index (κ3) is 15.4. The van der Waals surface area contributed by atoms with Crippen LogP contribution in [-0.4, -0.2) is 58.3 Å². The predicted molar refractivity (Wildman–Crippen MR) is 163 cm³/mol. The average molecular weight is 604 g/mol. The Hall–Kier alpha value is -0.01000. The van der Waals surface area contributed by atoms with Crippen molar-refractivity contribution in [3.05, 3.63) is 0 Å². The fraction of sp³-hybridized carbons (Fsp3) is 0.833. The largest absolute Gasteiger partial charge is 0.479 e. The molecule has 0 radical (unpaired) electrons. The van der Waals surface area contributed by atoms with E-state index < -0.39 is 24.1 Å². The molecule has 212 valence electrons. The molecule has 0 aliphatic carbocycles. The van der Waals surface area contributed by atoms with Crippen molar-refractivity contribution in [1.82, 2.24) is 5.32 Å². The van der Waals surface area contributed by atoms with Crippen LogP contribution in [-0.2, 0) is 23.9 Å². The lowest BCUT2D eigenvalue weighted by atomic mass is 9.90. The van der Waals surface area contributed by atoms with Crippen LogP contribution in [0.1, 0.15) is 84.5 Å². The minimum Gasteiger partial charge on any atom is -0.479 e. The van der Waals surface area contributed by atoms with Crippen LogP contribution in [0.4, 0.5) is 0 Å². The van der Waals surface area contributed by atoms with Crippen LogP contribution < -0.4 is 5.32 Å². The second-order valence-corrected chi connectivity index (χ2v) is 12.3. The molecule has 0 saturated carbocycles. The van der Waals surface area contributed by atoms with Crippen LogP contribution in [0.5, 0.6) is 0 Å². The predicted octanol–water partition coefficient (Wildman–Crippen LogP) is 4.76. The molecular weight excluding hydrogens is 559 g/mol. The summed E-state index contributed by atoms with van der Waals surface area (Å²) in [5, 5.41) is 12.6. The van der Waals surface area contributed by atoms with Gasteiger partial charge in [0.15, 0.2) is 18.0 Å². The third-order valence-electron chi connectivity index (χ3n) is 6.02. The first-order valence-corrected chi connectivity index (χ1v) is 14.6. The standard InChI is InChI=1S/C24H39NO6S2.3H2S/c1-16(2)14-17(15-20(27)21-22(31-21)24(29)30)23(28)25-12-7-3-4-8-18(26)9-5-6-10-19-11-13-32-33-19;;;/h16-17,19,21-22H,3-15H2,1-2H3,(H,25,28)(H,29,30);3*1H2/t17-,19?,21-,22+;;;/m1.../s1. The summed E-state index contributed by atoms with van der Waals surface area (Å²) in [6, 6.07) is 0. The quantitative estimate of drug-likeness (QED) is 0.131. The molecule has 2 heterocycles. The third-order valence-corrected chi connectivity index (χ3v) is 9.02. The Morgan fingerprint density at radius 1 is 0.972 bits per heavy atom. The van der Waals surface area contributed by atoms with E-state index in [1.54, 1.807) is 0 Å². The van der Waals surface area contributed by atoms with Gasteiger partial charge in [0.2, 0.25) is 5.91 Å². The lowest BCUT2D eigenvalue weighted by molar-refractivity contribution is -0.138. The molecule has 1 unspecified atom stereocenters. The molecule has 0 bridgehead atoms. The Morgan fingerprint density at radius 2 is 1.64 bits per heavy atom. The van der Waals surface area contributed by atoms with Crippen LogP contribution in [0, 0.1) is 11.8 Å². The van der Waals surface area contributed by atoms with Gasteiger partial charge in [-0.2, -0.15) is 40.5 Å². The van der Waals surface area contributed by atoms with E-state index in [0.29, 0.717) is 31.6 Å². The van der Waals surface area contributed by atoms with Crippen molar-refractivity contribution in [3.8, 4) is 0 Å². The van der Waals surface area contributed by atoms with Crippen LogP contribution >= 0.6 is 62.1 Å². The molecule has 2 rings (SSSR count). The number of nitrogens with one attached hydrogen (secondary N) is 1. The number of carboxylic acid groups (broad SMARTS) is 1. The molecule has 2 saturated heterocycles. The number of carbonyl (C=O) groups excluding carboxylic acids is 3. The van der Waals surface area contributed by atoms with E-state index >= 15 is 0 Å². The molecule has 2 aliphatic rings. The van der Waals surface area contributed by atoms with E-state index in [-0.39, 0.29) is 64.5 Å². The normalized spacial score (nSPS) is 20.9. The highest BCUT2D eigenvalue weighted by atomic mass is 33.1. The number of ketones is 2. The lowest BCUT2D eigenvalue weighted by Gasteiger charge is -2.18. The molecule has 0 spiro atoms. The minimum atomic E-state index is -1.14. The zero-order valence-corrected chi connectivity index (χ0v) is 26.0. The number of hydrogen-bond donors (Lipinski definition) is 2. The number of unbranched alkanes of at least 4 members (excludes halogenated alkanes) is 3. The first-order valence-electron chi connectivity index (χ1n) is 12.3. The number of ether oxygens (including phenoxy) is 1. The first-order chi connectivity index (χ1) is 15.8. The van der Waals surface area contributed by atoms with Crippen molar-refractivity contribution in [3.63, 3.8) is 0 Å². The summed E-state index contributed by atoms with van der Waals surface area (Å²) in [5.41, 5.74) is 0. The second kappa shape index (κ2) is 20.9. The van der Waals surface area contributed by atoms with E-state index in [9.17, 15) is 19.2 Å². The van der Waals surface area contributed by atoms with Crippen LogP contribution in [0.25, 0.3) is 0 Å². The number of hydrogen-bond acceptors (Lipinski definition) is 7. The van der Waals surface area contributed by atoms with Crippen LogP contribution in [0.3, 0.4) is 0 Å². The average Bonchev–Trinajstić information content (AvgIpc) is 3.41. The molecule has 0 aromatic rings. The van der Waals surface area contributed by atoms with Gasteiger partial charge in [0.05, 0.1) is 0 Å². The minimum absolute atomic E-state index is 0. The first kappa shape index (κ1) is 38.1. The number of epoxide rings is 1. The maximum Gasteiger partial charge on any atom is 0.336 e. The van der Waals surface area contributed by atoms with Gasteiger partial charge in [-0.15, -0.1) is 0 Å². The van der Waals surface area contributed by atoms with E-state index in [0.717, 1.165) is 37.4 Å². The highest BCUT2D eigenvalue weighted by molar-refractivity contribution is 8.77. The molecule has 12 heteroatoms. The van der Waals surface area contributed by atoms with Crippen molar-refractivity contribution in [2.45, 2.75) is 102 Å². The van der Waals surface area contributed by atoms with Crippen LogP contribution in [0.15, 0.2) is 0 Å². The van der Waals surface area contributed by atoms with Gasteiger partial charge in [-0.25, -0.2) is 4.79 Å². The Labute approximate surface area is 244 Å². The highest BCUT2D eigenvalue weighted by Crippen LogP contribution is 2.39. The number of aliphatic carboxylic acids is 1. The van der Waals surface area contributed by atoms with Crippen molar-refractivity contribution in [2.75, 3.05) is 12.3 Å². The summed E-state index contributed by atoms with van der Waals surface area (Å²) >= 11 is 0. The van der Waals surface area contributed by atoms with E-state index in [1.165, 1.54) is 18.6 Å². The van der Waals surface area contributed by atoms with Crippen molar-refractivity contribution in [2.24, 2.45) is 11.8 Å². The number of rotatable bonds is 18. The molecular formula is C24H45NO6S5. The summed E-state index contributed by atoms with van der Waals surface area (Å²) < 4.78 is 4.91. The van der Waals surface area contributed by atoms with Gasteiger partial charge in [0.25, 0.3) is 0 Å². The van der Waals surface area contributed by atoms with Crippen molar-refractivity contribution < 1.29 is 29.0 Å². The van der Waals surface area contributed by atoms with Gasteiger partial charge < -0.3 is 15.2 Å². The molecule has 1 amide bonds. The summed E-state index contributed by atoms with van der Waals surface area (Å²) in [7, 11) is 3.96. The Balaban J connectivity index is 0. The van der Waals surface area contributed by atoms with E-state index in [1.807, 2.05) is 35.4 Å². The smallest absolute Gasteiger partial charge is 0.336 e. The molecule has 36 heavy (non-hydrogen) atoms. The summed E-state index contributed by atoms with van der Waals surface area (Å²) in [6.07, 6.45) is 7.06. The topological polar surface area (TPSA) is 113 Å². The fourth-order valence-corrected chi connectivity index (χ4v) is 7.15. The van der Waals surface area contributed by atoms with Gasteiger partial charge in [-0.05, 0) is 44.4 Å². The van der Waals surface area contributed by atoms with Gasteiger partial charge in [0, 0.05) is 42.7 Å². The summed E-state index contributed by atoms with van der Waals surface area (Å²) in [4.78, 5) is 47.8. The second-order valence-electron chi connectivity index (χ2n) is 9.53. The van der Waals surface area contributed by atoms with E-state index in [4.69, 9.17) is 9.84 Å². The van der Waals surface area contributed by atoms with Gasteiger partial charge in [-0.1, -0.05) is 48.3 Å². The van der Waals surface area contributed by atoms with Gasteiger partial charge >= 0.3 is 5.97 Å². The molecule has 2 N–H and O–H groups in total. The Morgan fingerprint density at radius 3 is 2.19 bits per heavy atom. The Bertz CT molecular complexity index is 675. The fourth-order valence-electron chi connectivity index (χ4n) is 4.12. The summed E-state index contributed by atoms with van der Waals surface area (Å²) in [6.45, 7) is 4.50. The van der Waals surface area contributed by atoms with E-state index in [2.05, 4.69) is 5.32 Å². The van der Waals surface area contributed by atoms with Gasteiger partial charge in [-0.3, -0.25) is 14.4 Å². The Kier molecular flexibility index (Phi) is 22.1. The molecule has 7 nitrogen and oxygen atoms in total. The molecule has 4 atom stereocenters. The number of carbonyl (C=O) groups is 4. The zero-order chi connectivity index (χ0) is 24.2. The maximum absolute atomic E-state index is 12.6. The highest BCUT2D eigenvalue weighted by Gasteiger charge is 2.50. The monoisotopic (exact) mass is 603 g/mol. The maximum atomic E-state index is 12.6. The van der Waals surface area contributed by atoms with Crippen molar-refractivity contribution >= 4 is 85.5 Å². The SMILES string of the molecule is CC(C)C[C@H](CC(=O)[C@H]1O[C@@H]1C(=O)O)C(=O)NCCCCCC(=O)CCCCC1CCSS1.S.S.S.